The number of halogens is 2. The quantitative estimate of drug-likeness (QED) is 0.790. The molecule has 0 bridgehead atoms. The van der Waals surface area contributed by atoms with Crippen molar-refractivity contribution in [2.24, 2.45) is 11.3 Å². The molecule has 6 nitrogen and oxygen atoms in total. The van der Waals surface area contributed by atoms with Crippen LogP contribution in [0.3, 0.4) is 0 Å². The highest BCUT2D eigenvalue weighted by Gasteiger charge is 2.53. The zero-order valence-electron chi connectivity index (χ0n) is 12.3. The van der Waals surface area contributed by atoms with Gasteiger partial charge in [0.25, 0.3) is 5.92 Å². The Morgan fingerprint density at radius 2 is 1.77 bits per heavy atom. The maximum Gasteiger partial charge on any atom is 0.320 e. The van der Waals surface area contributed by atoms with Gasteiger partial charge in [-0.25, -0.2) is 13.6 Å². The number of hydrogen-bond donors (Lipinski definition) is 1. The fourth-order valence-electron chi connectivity index (χ4n) is 3.84. The molecule has 0 radical (unpaired) electrons. The monoisotopic (exact) mass is 318 g/mol. The van der Waals surface area contributed by atoms with Crippen molar-refractivity contribution in [3.8, 4) is 0 Å². The van der Waals surface area contributed by atoms with Gasteiger partial charge < -0.3 is 19.6 Å². The number of ether oxygens (including phenoxy) is 1. The van der Waals surface area contributed by atoms with Crippen LogP contribution in [-0.4, -0.2) is 72.2 Å². The number of carbonyl (C=O) groups excluding carboxylic acids is 1. The molecule has 2 amide bonds. The normalized spacial score (nSPS) is 30.0. The number of nitrogens with zero attached hydrogens (tertiary/aromatic N) is 2. The lowest BCUT2D eigenvalue weighted by molar-refractivity contribution is -0.146. The molecule has 1 N–H and O–H groups in total. The number of urea groups is 1. The maximum atomic E-state index is 13.3. The first-order valence-corrected chi connectivity index (χ1v) is 7.55. The SMILES string of the molecule is O=C(O)C1CN(C(=O)N2CCC(F)(F)C2)CC12CCOCC2. The van der Waals surface area contributed by atoms with E-state index in [1.54, 1.807) is 0 Å². The molecule has 22 heavy (non-hydrogen) atoms. The summed E-state index contributed by atoms with van der Waals surface area (Å²) in [6.07, 6.45) is 0.849. The third kappa shape index (κ3) is 2.64. The molecule has 124 valence electrons. The van der Waals surface area contributed by atoms with Crippen LogP contribution < -0.4 is 0 Å². The summed E-state index contributed by atoms with van der Waals surface area (Å²) in [5.41, 5.74) is -0.484. The van der Waals surface area contributed by atoms with Gasteiger partial charge in [0.2, 0.25) is 0 Å². The second kappa shape index (κ2) is 5.33. The summed E-state index contributed by atoms with van der Waals surface area (Å²) in [6.45, 7) is 0.817. The van der Waals surface area contributed by atoms with Gasteiger partial charge in [0.1, 0.15) is 0 Å². The number of alkyl halides is 2. The molecular formula is C14H20F2N2O4. The van der Waals surface area contributed by atoms with Crippen molar-refractivity contribution in [2.75, 3.05) is 39.4 Å². The lowest BCUT2D eigenvalue weighted by Crippen LogP contribution is -2.43. The zero-order chi connectivity index (χ0) is 16.0. The Morgan fingerprint density at radius 3 is 2.32 bits per heavy atom. The molecule has 3 aliphatic heterocycles. The van der Waals surface area contributed by atoms with Crippen LogP contribution in [0.4, 0.5) is 13.6 Å². The highest BCUT2D eigenvalue weighted by Crippen LogP contribution is 2.45. The molecule has 0 aliphatic carbocycles. The summed E-state index contributed by atoms with van der Waals surface area (Å²) in [5.74, 6) is -4.41. The average molecular weight is 318 g/mol. The molecule has 3 aliphatic rings. The third-order valence-electron chi connectivity index (χ3n) is 5.15. The Kier molecular flexibility index (Phi) is 3.74. The lowest BCUT2D eigenvalue weighted by Gasteiger charge is -2.36. The minimum Gasteiger partial charge on any atom is -0.481 e. The molecule has 1 unspecified atom stereocenters. The summed E-state index contributed by atoms with van der Waals surface area (Å²) in [4.78, 5) is 26.6. The second-order valence-electron chi connectivity index (χ2n) is 6.56. The molecule has 1 atom stereocenters. The van der Waals surface area contributed by atoms with Crippen LogP contribution >= 0.6 is 0 Å². The van der Waals surface area contributed by atoms with Gasteiger partial charge in [0.15, 0.2) is 0 Å². The topological polar surface area (TPSA) is 70.1 Å². The number of rotatable bonds is 1. The van der Waals surface area contributed by atoms with E-state index in [9.17, 15) is 23.5 Å². The average Bonchev–Trinajstić information content (AvgIpc) is 3.00. The smallest absolute Gasteiger partial charge is 0.320 e. The first kappa shape index (κ1) is 15.5. The molecule has 8 heteroatoms. The summed E-state index contributed by atoms with van der Waals surface area (Å²) in [5, 5.41) is 9.47. The molecule has 3 heterocycles. The van der Waals surface area contributed by atoms with E-state index in [4.69, 9.17) is 4.74 Å². The van der Waals surface area contributed by atoms with Crippen LogP contribution in [0.2, 0.25) is 0 Å². The van der Waals surface area contributed by atoms with E-state index < -0.39 is 35.8 Å². The van der Waals surface area contributed by atoms with E-state index >= 15 is 0 Å². The Morgan fingerprint density at radius 1 is 1.09 bits per heavy atom. The lowest BCUT2D eigenvalue weighted by atomic mass is 9.72. The standard InChI is InChI=1S/C14H20F2N2O4/c15-14(16)1-4-17(9-14)12(21)18-7-10(11(19)20)13(8-18)2-5-22-6-3-13/h10H,1-9H2,(H,19,20). The summed E-state index contributed by atoms with van der Waals surface area (Å²) >= 11 is 0. The van der Waals surface area contributed by atoms with Crippen molar-refractivity contribution in [1.29, 1.82) is 0 Å². The molecule has 0 saturated carbocycles. The van der Waals surface area contributed by atoms with E-state index in [0.717, 1.165) is 4.90 Å². The van der Waals surface area contributed by atoms with Gasteiger partial charge in [-0.1, -0.05) is 0 Å². The number of amides is 2. The van der Waals surface area contributed by atoms with Gasteiger partial charge in [-0.05, 0) is 12.8 Å². The van der Waals surface area contributed by atoms with Gasteiger partial charge in [0, 0.05) is 44.7 Å². The molecule has 3 saturated heterocycles. The largest absolute Gasteiger partial charge is 0.481 e. The Balaban J connectivity index is 1.73. The van der Waals surface area contributed by atoms with Crippen molar-refractivity contribution in [1.82, 2.24) is 9.80 Å². The Hall–Kier alpha value is -1.44. The first-order chi connectivity index (χ1) is 10.3. The van der Waals surface area contributed by atoms with Crippen LogP contribution in [-0.2, 0) is 9.53 Å². The van der Waals surface area contributed by atoms with Crippen molar-refractivity contribution < 1.29 is 28.2 Å². The van der Waals surface area contributed by atoms with Crippen LogP contribution in [0.1, 0.15) is 19.3 Å². The first-order valence-electron chi connectivity index (χ1n) is 7.55. The maximum absolute atomic E-state index is 13.3. The van der Waals surface area contributed by atoms with Gasteiger partial charge in [-0.2, -0.15) is 0 Å². The van der Waals surface area contributed by atoms with Crippen LogP contribution in [0.5, 0.6) is 0 Å². The molecule has 3 rings (SSSR count). The molecule has 1 spiro atoms. The number of hydrogen-bond acceptors (Lipinski definition) is 3. The molecule has 0 aromatic carbocycles. The van der Waals surface area contributed by atoms with Gasteiger partial charge in [-0.15, -0.1) is 0 Å². The fraction of sp³-hybridized carbons (Fsp3) is 0.857. The van der Waals surface area contributed by atoms with E-state index in [2.05, 4.69) is 0 Å². The van der Waals surface area contributed by atoms with E-state index in [1.165, 1.54) is 4.90 Å². The van der Waals surface area contributed by atoms with Crippen molar-refractivity contribution in [3.63, 3.8) is 0 Å². The molecule has 3 fully saturated rings. The minimum atomic E-state index is -2.84. The van der Waals surface area contributed by atoms with E-state index in [1.807, 2.05) is 0 Å². The van der Waals surface area contributed by atoms with Gasteiger partial charge >= 0.3 is 12.0 Å². The van der Waals surface area contributed by atoms with Crippen molar-refractivity contribution in [2.45, 2.75) is 25.2 Å². The number of carboxylic acids is 1. The van der Waals surface area contributed by atoms with Crippen LogP contribution in [0.25, 0.3) is 0 Å². The van der Waals surface area contributed by atoms with Crippen LogP contribution in [0.15, 0.2) is 0 Å². The van der Waals surface area contributed by atoms with Gasteiger partial charge in [-0.3, -0.25) is 4.79 Å². The summed E-state index contributed by atoms with van der Waals surface area (Å²) in [6, 6.07) is -0.466. The Bertz CT molecular complexity index is 479. The zero-order valence-corrected chi connectivity index (χ0v) is 12.3. The van der Waals surface area contributed by atoms with Crippen LogP contribution in [0, 0.1) is 11.3 Å². The minimum absolute atomic E-state index is 0.0240. The highest BCUT2D eigenvalue weighted by atomic mass is 19.3. The number of aliphatic carboxylic acids is 1. The fourth-order valence-corrected chi connectivity index (χ4v) is 3.84. The predicted octanol–water partition coefficient (Wildman–Crippen LogP) is 1.26. The van der Waals surface area contributed by atoms with Crippen molar-refractivity contribution >= 4 is 12.0 Å². The van der Waals surface area contributed by atoms with Crippen molar-refractivity contribution in [3.05, 3.63) is 0 Å². The Labute approximate surface area is 127 Å². The molecule has 0 aromatic rings. The number of carbonyl (C=O) groups is 2. The second-order valence-corrected chi connectivity index (χ2v) is 6.56. The predicted molar refractivity (Wildman–Crippen MR) is 71.7 cm³/mol. The number of carboxylic acid groups (broad SMARTS) is 1. The number of likely N-dealkylation sites (tertiary alicyclic amines) is 2. The highest BCUT2D eigenvalue weighted by molar-refractivity contribution is 5.78. The van der Waals surface area contributed by atoms with Gasteiger partial charge in [0.05, 0.1) is 12.5 Å². The summed E-state index contributed by atoms with van der Waals surface area (Å²) in [7, 11) is 0. The van der Waals surface area contributed by atoms with E-state index in [0.29, 0.717) is 32.6 Å². The van der Waals surface area contributed by atoms with E-state index in [-0.39, 0.29) is 19.5 Å². The molecule has 0 aromatic heterocycles. The summed E-state index contributed by atoms with van der Waals surface area (Å²) < 4.78 is 31.8. The molecular weight excluding hydrogens is 298 g/mol. The third-order valence-corrected chi connectivity index (χ3v) is 5.15.